The lowest BCUT2D eigenvalue weighted by Crippen LogP contribution is -2.23. The molecule has 1 aliphatic rings. The molecule has 0 saturated carbocycles. The average molecular weight is 595 g/mol. The van der Waals surface area contributed by atoms with E-state index in [9.17, 15) is 19.8 Å². The third-order valence-electron chi connectivity index (χ3n) is 7.59. The summed E-state index contributed by atoms with van der Waals surface area (Å²) < 4.78 is 11.4. The summed E-state index contributed by atoms with van der Waals surface area (Å²) in [6.07, 6.45) is -1.18. The Morgan fingerprint density at radius 1 is 0.614 bits per heavy atom. The van der Waals surface area contributed by atoms with Gasteiger partial charge in [0.05, 0.1) is 34.7 Å². The third-order valence-corrected chi connectivity index (χ3v) is 7.59. The Morgan fingerprint density at radius 3 is 1.27 bits per heavy atom. The highest BCUT2D eigenvalue weighted by Crippen LogP contribution is 2.41. The van der Waals surface area contributed by atoms with Crippen molar-refractivity contribution in [2.24, 2.45) is 0 Å². The van der Waals surface area contributed by atoms with Crippen LogP contribution in [0.5, 0.6) is 11.5 Å². The fraction of sp³-hybridized carbons (Fsp3) is 0.278. The highest BCUT2D eigenvalue weighted by molar-refractivity contribution is 6.32. The van der Waals surface area contributed by atoms with Crippen molar-refractivity contribution in [3.8, 4) is 11.5 Å². The summed E-state index contributed by atoms with van der Waals surface area (Å²) in [4.78, 5) is 28.1. The number of nitrogens with one attached hydrogen (secondary N) is 2. The number of hydrogen-bond acceptors (Lipinski definition) is 8. The van der Waals surface area contributed by atoms with Gasteiger partial charge in [-0.2, -0.15) is 0 Å². The Bertz CT molecular complexity index is 1580. The topological polar surface area (TPSA) is 117 Å². The lowest BCUT2D eigenvalue weighted by atomic mass is 9.82. The molecule has 2 unspecified atom stereocenters. The molecule has 4 aromatic rings. The van der Waals surface area contributed by atoms with Gasteiger partial charge in [0.15, 0.2) is 11.6 Å². The second-order valence-corrected chi connectivity index (χ2v) is 11.5. The minimum Gasteiger partial charge on any atom is -0.491 e. The van der Waals surface area contributed by atoms with E-state index in [0.29, 0.717) is 45.1 Å². The number of ether oxygens (including phenoxy) is 2. The van der Waals surface area contributed by atoms with Gasteiger partial charge in [-0.25, -0.2) is 0 Å². The summed E-state index contributed by atoms with van der Waals surface area (Å²) in [6, 6.07) is 18.1. The lowest BCUT2D eigenvalue weighted by Gasteiger charge is -2.25. The van der Waals surface area contributed by atoms with E-state index >= 15 is 0 Å². The highest BCUT2D eigenvalue weighted by Gasteiger charge is 2.34. The van der Waals surface area contributed by atoms with Crippen LogP contribution < -0.4 is 20.1 Å². The Morgan fingerprint density at radius 2 is 0.955 bits per heavy atom. The van der Waals surface area contributed by atoms with E-state index in [1.807, 2.05) is 64.1 Å². The number of hydrogen-bond donors (Lipinski definition) is 4. The maximum absolute atomic E-state index is 14.0. The van der Waals surface area contributed by atoms with Gasteiger partial charge < -0.3 is 30.3 Å². The first-order chi connectivity index (χ1) is 20.9. The van der Waals surface area contributed by atoms with Crippen molar-refractivity contribution in [2.45, 2.75) is 53.8 Å². The number of aryl methyl sites for hydroxylation is 4. The minimum atomic E-state index is -0.590. The Balaban J connectivity index is 1.58. The fourth-order valence-electron chi connectivity index (χ4n) is 5.54. The van der Waals surface area contributed by atoms with Crippen LogP contribution in [0.4, 0.5) is 22.7 Å². The first kappa shape index (κ1) is 30.8. The lowest BCUT2D eigenvalue weighted by molar-refractivity contribution is 0.0980. The monoisotopic (exact) mass is 594 g/mol. The molecule has 1 aliphatic carbocycles. The number of carbonyl (C=O) groups is 2. The summed E-state index contributed by atoms with van der Waals surface area (Å²) in [5.41, 5.74) is 7.56. The molecule has 0 amide bonds. The van der Waals surface area contributed by atoms with E-state index in [1.54, 1.807) is 38.1 Å². The molecule has 0 aromatic heterocycles. The molecule has 8 nitrogen and oxygen atoms in total. The molecule has 44 heavy (non-hydrogen) atoms. The number of anilines is 4. The Hall–Kier alpha value is -4.66. The van der Waals surface area contributed by atoms with Crippen LogP contribution in [0.25, 0.3) is 0 Å². The number of fused-ring (bicyclic) bond motifs is 2. The predicted octanol–water partition coefficient (Wildman–Crippen LogP) is 6.70. The normalized spacial score (nSPS) is 13.5. The third kappa shape index (κ3) is 6.18. The number of carbonyl (C=O) groups excluding carboxylic acids is 2. The zero-order chi connectivity index (χ0) is 31.7. The SMILES string of the molecule is Cc1cc(OCC(C)O)cc(C)c1Nc1ccc(Nc2c(C)cc(OCC(C)O)cc2C)c2c1C(=O)c1ccccc1C2=O. The second kappa shape index (κ2) is 12.5. The number of rotatable bonds is 10. The first-order valence-corrected chi connectivity index (χ1v) is 14.7. The standard InChI is InChI=1S/C36H38N2O6/c1-19-13-25(43-17-23(5)39)14-20(2)33(19)37-29-11-12-30(32-31(29)35(41)27-9-7-8-10-28(27)36(32)42)38-34-21(3)15-26(16-22(34)4)44-18-24(6)40/h7-16,23-24,37-40H,17-18H2,1-6H3. The van der Waals surface area contributed by atoms with Crippen molar-refractivity contribution in [3.05, 3.63) is 105 Å². The summed E-state index contributed by atoms with van der Waals surface area (Å²) in [5.74, 6) is 0.815. The molecule has 0 spiro atoms. The summed E-state index contributed by atoms with van der Waals surface area (Å²) in [7, 11) is 0. The Labute approximate surface area is 257 Å². The molecule has 5 rings (SSSR count). The van der Waals surface area contributed by atoms with Gasteiger partial charge in [0.1, 0.15) is 24.7 Å². The Kier molecular flexibility index (Phi) is 8.76. The molecule has 228 valence electrons. The van der Waals surface area contributed by atoms with Crippen molar-refractivity contribution in [3.63, 3.8) is 0 Å². The van der Waals surface area contributed by atoms with Gasteiger partial charge in [-0.15, -0.1) is 0 Å². The van der Waals surface area contributed by atoms with Crippen LogP contribution in [-0.4, -0.2) is 47.2 Å². The van der Waals surface area contributed by atoms with Gasteiger partial charge in [-0.1, -0.05) is 24.3 Å². The second-order valence-electron chi connectivity index (χ2n) is 11.5. The quantitative estimate of drug-likeness (QED) is 0.141. The van der Waals surface area contributed by atoms with Crippen molar-refractivity contribution in [1.29, 1.82) is 0 Å². The molecule has 2 atom stereocenters. The zero-order valence-corrected chi connectivity index (χ0v) is 25.9. The van der Waals surface area contributed by atoms with Crippen molar-refractivity contribution >= 4 is 34.3 Å². The van der Waals surface area contributed by atoms with Gasteiger partial charge >= 0.3 is 0 Å². The molecule has 0 aliphatic heterocycles. The molecule has 0 bridgehead atoms. The molecular formula is C36H38N2O6. The van der Waals surface area contributed by atoms with Gasteiger partial charge in [0.25, 0.3) is 0 Å². The number of aliphatic hydroxyl groups excluding tert-OH is 2. The van der Waals surface area contributed by atoms with Gasteiger partial charge in [0.2, 0.25) is 0 Å². The molecule has 4 aromatic carbocycles. The van der Waals surface area contributed by atoms with Crippen LogP contribution in [0.1, 0.15) is 67.9 Å². The first-order valence-electron chi connectivity index (χ1n) is 14.7. The smallest absolute Gasteiger partial charge is 0.196 e. The van der Waals surface area contributed by atoms with E-state index < -0.39 is 12.2 Å². The van der Waals surface area contributed by atoms with Crippen molar-refractivity contribution < 1.29 is 29.3 Å². The number of ketones is 2. The maximum Gasteiger partial charge on any atom is 0.196 e. The van der Waals surface area contributed by atoms with E-state index in [4.69, 9.17) is 9.47 Å². The molecule has 0 radical (unpaired) electrons. The highest BCUT2D eigenvalue weighted by atomic mass is 16.5. The van der Waals surface area contributed by atoms with Crippen molar-refractivity contribution in [1.82, 2.24) is 0 Å². The molecule has 0 saturated heterocycles. The average Bonchev–Trinajstić information content (AvgIpc) is 2.97. The van der Waals surface area contributed by atoms with Crippen LogP contribution in [-0.2, 0) is 0 Å². The van der Waals surface area contributed by atoms with Crippen LogP contribution in [0, 0.1) is 27.7 Å². The van der Waals surface area contributed by atoms with E-state index in [2.05, 4.69) is 10.6 Å². The molecule has 4 N–H and O–H groups in total. The van der Waals surface area contributed by atoms with Crippen LogP contribution in [0.2, 0.25) is 0 Å². The van der Waals surface area contributed by atoms with E-state index in [-0.39, 0.29) is 24.8 Å². The van der Waals surface area contributed by atoms with Crippen LogP contribution in [0.3, 0.4) is 0 Å². The van der Waals surface area contributed by atoms with E-state index in [1.165, 1.54) is 0 Å². The van der Waals surface area contributed by atoms with Gasteiger partial charge in [-0.05, 0) is 100 Å². The molecular weight excluding hydrogens is 556 g/mol. The molecule has 8 heteroatoms. The fourth-order valence-corrected chi connectivity index (χ4v) is 5.54. The molecule has 0 heterocycles. The van der Waals surface area contributed by atoms with E-state index in [0.717, 1.165) is 33.6 Å². The van der Waals surface area contributed by atoms with Gasteiger partial charge in [-0.3, -0.25) is 9.59 Å². The van der Waals surface area contributed by atoms with Crippen molar-refractivity contribution in [2.75, 3.05) is 23.8 Å². The van der Waals surface area contributed by atoms with Crippen LogP contribution >= 0.6 is 0 Å². The number of aliphatic hydroxyl groups is 2. The van der Waals surface area contributed by atoms with Gasteiger partial charge in [0, 0.05) is 22.5 Å². The zero-order valence-electron chi connectivity index (χ0n) is 25.9. The maximum atomic E-state index is 14.0. The molecule has 0 fully saturated rings. The summed E-state index contributed by atoms with van der Waals surface area (Å²) in [6.45, 7) is 11.5. The predicted molar refractivity (Wildman–Crippen MR) is 172 cm³/mol. The largest absolute Gasteiger partial charge is 0.491 e. The number of benzene rings is 4. The summed E-state index contributed by atoms with van der Waals surface area (Å²) in [5, 5.41) is 26.1. The van der Waals surface area contributed by atoms with Crippen LogP contribution in [0.15, 0.2) is 60.7 Å². The summed E-state index contributed by atoms with van der Waals surface area (Å²) >= 11 is 0. The minimum absolute atomic E-state index is 0.181.